The monoisotopic (exact) mass is 309 g/mol. The maximum atomic E-state index is 12.4. The molecule has 0 spiro atoms. The van der Waals surface area contributed by atoms with Gasteiger partial charge in [0.05, 0.1) is 6.04 Å². The van der Waals surface area contributed by atoms with Gasteiger partial charge in [0.2, 0.25) is 0 Å². The number of carbonyl (C=O) groups is 1. The van der Waals surface area contributed by atoms with Gasteiger partial charge in [0.15, 0.2) is 5.13 Å². The van der Waals surface area contributed by atoms with Gasteiger partial charge in [-0.25, -0.2) is 9.78 Å². The molecule has 21 heavy (non-hydrogen) atoms. The largest absolute Gasteiger partial charge is 0.375 e. The third kappa shape index (κ3) is 3.13. The van der Waals surface area contributed by atoms with Crippen LogP contribution in [-0.2, 0) is 6.54 Å². The number of nitrogens with two attached hydrogens (primary N) is 1. The summed E-state index contributed by atoms with van der Waals surface area (Å²) >= 11 is 1.55. The highest BCUT2D eigenvalue weighted by atomic mass is 32.1. The van der Waals surface area contributed by atoms with Gasteiger partial charge < -0.3 is 15.5 Å². The van der Waals surface area contributed by atoms with Crippen molar-refractivity contribution in [1.82, 2.24) is 19.7 Å². The molecule has 1 aromatic heterocycles. The van der Waals surface area contributed by atoms with Crippen LogP contribution in [0.2, 0.25) is 0 Å². The highest BCUT2D eigenvalue weighted by molar-refractivity contribution is 7.15. The first kappa shape index (κ1) is 14.6. The van der Waals surface area contributed by atoms with E-state index in [1.165, 1.54) is 4.88 Å². The van der Waals surface area contributed by atoms with Crippen LogP contribution in [0.25, 0.3) is 0 Å². The van der Waals surface area contributed by atoms with Crippen molar-refractivity contribution in [2.45, 2.75) is 26.4 Å². The summed E-state index contributed by atoms with van der Waals surface area (Å²) in [6.45, 7) is 9.61. The van der Waals surface area contributed by atoms with E-state index in [9.17, 15) is 4.79 Å². The molecule has 7 heteroatoms. The van der Waals surface area contributed by atoms with Gasteiger partial charge in [-0.3, -0.25) is 4.90 Å². The molecule has 1 unspecified atom stereocenters. The fraction of sp³-hybridized carbons (Fsp3) is 0.714. The lowest BCUT2D eigenvalue weighted by Crippen LogP contribution is -2.51. The van der Waals surface area contributed by atoms with E-state index >= 15 is 0 Å². The molecular formula is C14H23N5OS. The number of amides is 2. The Bertz CT molecular complexity index is 517. The quantitative estimate of drug-likeness (QED) is 0.910. The average Bonchev–Trinajstić information content (AvgIpc) is 2.94. The maximum absolute atomic E-state index is 12.4. The molecule has 0 saturated carbocycles. The summed E-state index contributed by atoms with van der Waals surface area (Å²) in [5.41, 5.74) is 5.68. The van der Waals surface area contributed by atoms with Crippen LogP contribution >= 0.6 is 11.3 Å². The molecule has 0 aromatic carbocycles. The summed E-state index contributed by atoms with van der Waals surface area (Å²) in [6.07, 6.45) is 1.86. The van der Waals surface area contributed by atoms with Crippen molar-refractivity contribution in [1.29, 1.82) is 0 Å². The zero-order valence-electron chi connectivity index (χ0n) is 12.7. The molecule has 2 amide bonds. The van der Waals surface area contributed by atoms with E-state index in [1.807, 2.05) is 16.0 Å². The number of aromatic nitrogens is 1. The first-order valence-electron chi connectivity index (χ1n) is 7.51. The molecule has 2 fully saturated rings. The maximum Gasteiger partial charge on any atom is 0.320 e. The second-order valence-corrected chi connectivity index (χ2v) is 7.48. The minimum atomic E-state index is 0.218. The Labute approximate surface area is 129 Å². The summed E-state index contributed by atoms with van der Waals surface area (Å²) in [5, 5.41) is 0.628. The predicted molar refractivity (Wildman–Crippen MR) is 84.1 cm³/mol. The summed E-state index contributed by atoms with van der Waals surface area (Å²) in [4.78, 5) is 24.1. The van der Waals surface area contributed by atoms with E-state index in [4.69, 9.17) is 5.73 Å². The molecular weight excluding hydrogens is 286 g/mol. The Balaban J connectivity index is 1.59. The van der Waals surface area contributed by atoms with E-state index in [2.05, 4.69) is 23.7 Å². The van der Waals surface area contributed by atoms with Crippen LogP contribution in [0.15, 0.2) is 6.20 Å². The highest BCUT2D eigenvalue weighted by Gasteiger charge is 2.40. The smallest absolute Gasteiger partial charge is 0.320 e. The van der Waals surface area contributed by atoms with Crippen LogP contribution in [0.3, 0.4) is 0 Å². The van der Waals surface area contributed by atoms with Gasteiger partial charge in [-0.1, -0.05) is 13.8 Å². The van der Waals surface area contributed by atoms with Gasteiger partial charge in [0.25, 0.3) is 0 Å². The molecule has 2 aliphatic heterocycles. The first-order chi connectivity index (χ1) is 10.0. The fourth-order valence-corrected chi connectivity index (χ4v) is 3.92. The molecule has 6 nitrogen and oxygen atoms in total. The lowest BCUT2D eigenvalue weighted by atomic mass is 10.2. The molecule has 1 aromatic rings. The molecule has 0 bridgehead atoms. The summed E-state index contributed by atoms with van der Waals surface area (Å²) in [7, 11) is 0. The Morgan fingerprint density at radius 3 is 2.90 bits per heavy atom. The van der Waals surface area contributed by atoms with Crippen molar-refractivity contribution in [2.24, 2.45) is 5.92 Å². The van der Waals surface area contributed by atoms with E-state index < -0.39 is 0 Å². The molecule has 116 valence electrons. The number of carbonyl (C=O) groups excluding carboxylic acids is 1. The number of nitrogens with zero attached hydrogens (tertiary/aromatic N) is 4. The minimum absolute atomic E-state index is 0.218. The molecule has 2 aliphatic rings. The van der Waals surface area contributed by atoms with Gasteiger partial charge in [-0.15, -0.1) is 11.3 Å². The Morgan fingerprint density at radius 1 is 1.43 bits per heavy atom. The number of hydrogen-bond acceptors (Lipinski definition) is 5. The SMILES string of the molecule is CC(C)CN1CC2CN(Cc3cnc(N)s3)CCN2C1=O. The van der Waals surface area contributed by atoms with Crippen LogP contribution in [0.4, 0.5) is 9.93 Å². The normalized spacial score (nSPS) is 23.2. The Hall–Kier alpha value is -1.34. The zero-order chi connectivity index (χ0) is 15.0. The number of anilines is 1. The second kappa shape index (κ2) is 5.81. The van der Waals surface area contributed by atoms with Crippen molar-refractivity contribution in [2.75, 3.05) is 38.5 Å². The van der Waals surface area contributed by atoms with E-state index in [0.29, 0.717) is 17.1 Å². The van der Waals surface area contributed by atoms with Gasteiger partial charge in [0.1, 0.15) is 0 Å². The standard InChI is InChI=1S/C14H23N5OS/c1-10(2)6-18-8-11-7-17(3-4-19(11)14(18)20)9-12-5-16-13(15)21-12/h5,10-11H,3-4,6-9H2,1-2H3,(H2,15,16). The predicted octanol–water partition coefficient (Wildman–Crippen LogP) is 1.30. The van der Waals surface area contributed by atoms with Crippen LogP contribution in [0, 0.1) is 5.92 Å². The topological polar surface area (TPSA) is 65.7 Å². The highest BCUT2D eigenvalue weighted by Crippen LogP contribution is 2.24. The van der Waals surface area contributed by atoms with Crippen LogP contribution < -0.4 is 5.73 Å². The molecule has 2 N–H and O–H groups in total. The molecule has 3 rings (SSSR count). The zero-order valence-corrected chi connectivity index (χ0v) is 13.5. The molecule has 1 atom stereocenters. The number of urea groups is 1. The Kier molecular flexibility index (Phi) is 4.03. The van der Waals surface area contributed by atoms with Crippen molar-refractivity contribution in [3.8, 4) is 0 Å². The summed E-state index contributed by atoms with van der Waals surface area (Å²) < 4.78 is 0. The van der Waals surface area contributed by atoms with Crippen molar-refractivity contribution in [3.63, 3.8) is 0 Å². The number of hydrogen-bond donors (Lipinski definition) is 1. The van der Waals surface area contributed by atoms with Crippen molar-refractivity contribution >= 4 is 22.5 Å². The van der Waals surface area contributed by atoms with E-state index in [1.54, 1.807) is 11.3 Å². The number of fused-ring (bicyclic) bond motifs is 1. The Morgan fingerprint density at radius 2 is 2.24 bits per heavy atom. The summed E-state index contributed by atoms with van der Waals surface area (Å²) in [6, 6.07) is 0.547. The number of rotatable bonds is 4. The van der Waals surface area contributed by atoms with Crippen LogP contribution in [0.5, 0.6) is 0 Å². The van der Waals surface area contributed by atoms with E-state index in [0.717, 1.165) is 39.3 Å². The van der Waals surface area contributed by atoms with Crippen LogP contribution in [-0.4, -0.2) is 64.5 Å². The minimum Gasteiger partial charge on any atom is -0.375 e. The van der Waals surface area contributed by atoms with Gasteiger partial charge in [-0.2, -0.15) is 0 Å². The number of thiazole rings is 1. The number of piperazine rings is 1. The van der Waals surface area contributed by atoms with Crippen molar-refractivity contribution in [3.05, 3.63) is 11.1 Å². The average molecular weight is 309 g/mol. The van der Waals surface area contributed by atoms with Gasteiger partial charge >= 0.3 is 6.03 Å². The lowest BCUT2D eigenvalue weighted by Gasteiger charge is -2.36. The first-order valence-corrected chi connectivity index (χ1v) is 8.32. The molecule has 0 radical (unpaired) electrons. The third-order valence-electron chi connectivity index (χ3n) is 4.05. The third-order valence-corrected chi connectivity index (χ3v) is 4.86. The number of nitrogen functional groups attached to an aromatic ring is 1. The van der Waals surface area contributed by atoms with Crippen molar-refractivity contribution < 1.29 is 4.79 Å². The molecule has 3 heterocycles. The molecule has 0 aliphatic carbocycles. The second-order valence-electron chi connectivity index (χ2n) is 6.33. The fourth-order valence-electron chi connectivity index (χ4n) is 3.20. The summed E-state index contributed by atoms with van der Waals surface area (Å²) in [5.74, 6) is 0.520. The van der Waals surface area contributed by atoms with E-state index in [-0.39, 0.29) is 6.03 Å². The van der Waals surface area contributed by atoms with Crippen LogP contribution in [0.1, 0.15) is 18.7 Å². The lowest BCUT2D eigenvalue weighted by molar-refractivity contribution is 0.117. The van der Waals surface area contributed by atoms with Gasteiger partial charge in [0, 0.05) is 50.3 Å². The molecule has 2 saturated heterocycles. The van der Waals surface area contributed by atoms with Gasteiger partial charge in [-0.05, 0) is 5.92 Å².